The maximum absolute atomic E-state index is 6.34. The van der Waals surface area contributed by atoms with Gasteiger partial charge in [-0.15, -0.1) is 0 Å². The van der Waals surface area contributed by atoms with Crippen molar-refractivity contribution in [3.05, 3.63) is 52.0 Å². The Morgan fingerprint density at radius 2 is 1.88 bits per heavy atom. The molecule has 0 fully saturated rings. The number of rotatable bonds is 5. The first-order chi connectivity index (χ1) is 11.7. The van der Waals surface area contributed by atoms with E-state index in [0.29, 0.717) is 17.4 Å². The van der Waals surface area contributed by atoms with Crippen LogP contribution in [0.2, 0.25) is 5.02 Å². The van der Waals surface area contributed by atoms with Gasteiger partial charge in [-0.25, -0.2) is 0 Å². The van der Waals surface area contributed by atoms with Crippen molar-refractivity contribution >= 4 is 11.6 Å². The first-order valence-electron chi connectivity index (χ1n) is 8.08. The second-order valence-corrected chi connectivity index (χ2v) is 6.07. The summed E-state index contributed by atoms with van der Waals surface area (Å²) in [5.41, 5.74) is 3.52. The van der Waals surface area contributed by atoms with Gasteiger partial charge in [-0.3, -0.25) is 0 Å². The van der Waals surface area contributed by atoms with E-state index in [0.717, 1.165) is 30.0 Å². The Balaban J connectivity index is 2.04. The SMILES string of the molecule is CCOc1ccc2c(c1)CCNC2c1cc(Cl)c(OC)cc1OC. The number of nitrogens with one attached hydrogen (secondary N) is 1. The summed E-state index contributed by atoms with van der Waals surface area (Å²) in [6.45, 7) is 3.55. The van der Waals surface area contributed by atoms with E-state index in [2.05, 4.69) is 17.4 Å². The predicted molar refractivity (Wildman–Crippen MR) is 95.7 cm³/mol. The third-order valence-corrected chi connectivity index (χ3v) is 4.59. The molecule has 5 heteroatoms. The lowest BCUT2D eigenvalue weighted by Gasteiger charge is -2.29. The molecule has 128 valence electrons. The molecule has 1 aliphatic rings. The van der Waals surface area contributed by atoms with Gasteiger partial charge in [0.1, 0.15) is 17.2 Å². The molecule has 0 saturated heterocycles. The fourth-order valence-electron chi connectivity index (χ4n) is 3.18. The second-order valence-electron chi connectivity index (χ2n) is 5.66. The molecule has 0 aromatic heterocycles. The van der Waals surface area contributed by atoms with Crippen LogP contribution in [0.3, 0.4) is 0 Å². The molecule has 0 bridgehead atoms. The molecular formula is C19H22ClNO3. The lowest BCUT2D eigenvalue weighted by molar-refractivity contribution is 0.339. The number of hydrogen-bond donors (Lipinski definition) is 1. The minimum absolute atomic E-state index is 0.0304. The number of benzene rings is 2. The quantitative estimate of drug-likeness (QED) is 0.887. The van der Waals surface area contributed by atoms with Gasteiger partial charge in [0.15, 0.2) is 0 Å². The van der Waals surface area contributed by atoms with Crippen LogP contribution in [-0.2, 0) is 6.42 Å². The van der Waals surface area contributed by atoms with Crippen LogP contribution in [-0.4, -0.2) is 27.4 Å². The molecular weight excluding hydrogens is 326 g/mol. The zero-order valence-electron chi connectivity index (χ0n) is 14.2. The molecule has 0 radical (unpaired) electrons. The average molecular weight is 348 g/mol. The molecule has 4 nitrogen and oxygen atoms in total. The number of ether oxygens (including phenoxy) is 3. The van der Waals surface area contributed by atoms with Crippen LogP contribution >= 0.6 is 11.6 Å². The van der Waals surface area contributed by atoms with Gasteiger partial charge in [-0.1, -0.05) is 17.7 Å². The second kappa shape index (κ2) is 7.32. The largest absolute Gasteiger partial charge is 0.496 e. The van der Waals surface area contributed by atoms with Crippen molar-refractivity contribution in [3.63, 3.8) is 0 Å². The van der Waals surface area contributed by atoms with Crippen molar-refractivity contribution in [2.45, 2.75) is 19.4 Å². The molecule has 2 aromatic rings. The van der Waals surface area contributed by atoms with E-state index >= 15 is 0 Å². The molecule has 3 rings (SSSR count). The van der Waals surface area contributed by atoms with Crippen molar-refractivity contribution in [1.82, 2.24) is 5.32 Å². The normalized spacial score (nSPS) is 16.4. The van der Waals surface area contributed by atoms with Crippen LogP contribution in [0.15, 0.2) is 30.3 Å². The summed E-state index contributed by atoms with van der Waals surface area (Å²) in [5, 5.41) is 4.14. The van der Waals surface area contributed by atoms with Gasteiger partial charge in [-0.2, -0.15) is 0 Å². The Morgan fingerprint density at radius 3 is 2.58 bits per heavy atom. The highest BCUT2D eigenvalue weighted by atomic mass is 35.5. The highest BCUT2D eigenvalue weighted by molar-refractivity contribution is 6.32. The third kappa shape index (κ3) is 3.17. The van der Waals surface area contributed by atoms with Gasteiger partial charge >= 0.3 is 0 Å². The monoisotopic (exact) mass is 347 g/mol. The fourth-order valence-corrected chi connectivity index (χ4v) is 3.43. The van der Waals surface area contributed by atoms with Gasteiger partial charge in [0.2, 0.25) is 0 Å². The maximum Gasteiger partial charge on any atom is 0.141 e. The van der Waals surface area contributed by atoms with Crippen LogP contribution in [0.5, 0.6) is 17.2 Å². The molecule has 1 atom stereocenters. The molecule has 24 heavy (non-hydrogen) atoms. The summed E-state index contributed by atoms with van der Waals surface area (Å²) in [7, 11) is 3.26. The molecule has 0 amide bonds. The van der Waals surface area contributed by atoms with E-state index in [1.165, 1.54) is 11.1 Å². The maximum atomic E-state index is 6.34. The molecule has 1 N–H and O–H groups in total. The van der Waals surface area contributed by atoms with Crippen molar-refractivity contribution in [2.24, 2.45) is 0 Å². The van der Waals surface area contributed by atoms with E-state index in [1.807, 2.05) is 25.1 Å². The van der Waals surface area contributed by atoms with E-state index in [1.54, 1.807) is 14.2 Å². The summed E-state index contributed by atoms with van der Waals surface area (Å²) in [6, 6.07) is 10.0. The summed E-state index contributed by atoms with van der Waals surface area (Å²) in [4.78, 5) is 0. The van der Waals surface area contributed by atoms with Crippen LogP contribution in [0.4, 0.5) is 0 Å². The van der Waals surface area contributed by atoms with E-state index in [4.69, 9.17) is 25.8 Å². The molecule has 2 aromatic carbocycles. The van der Waals surface area contributed by atoms with Gasteiger partial charge < -0.3 is 19.5 Å². The Hall–Kier alpha value is -1.91. The topological polar surface area (TPSA) is 39.7 Å². The van der Waals surface area contributed by atoms with Gasteiger partial charge in [0.25, 0.3) is 0 Å². The van der Waals surface area contributed by atoms with Gasteiger partial charge in [-0.05, 0) is 42.7 Å². The highest BCUT2D eigenvalue weighted by Gasteiger charge is 2.25. The lowest BCUT2D eigenvalue weighted by Crippen LogP contribution is -2.30. The number of methoxy groups -OCH3 is 2. The van der Waals surface area contributed by atoms with Crippen LogP contribution in [0.1, 0.15) is 29.7 Å². The summed E-state index contributed by atoms with van der Waals surface area (Å²) < 4.78 is 16.5. The summed E-state index contributed by atoms with van der Waals surface area (Å²) in [6.07, 6.45) is 0.971. The fraction of sp³-hybridized carbons (Fsp3) is 0.368. The summed E-state index contributed by atoms with van der Waals surface area (Å²) in [5.74, 6) is 2.28. The standard InChI is InChI=1S/C19H22ClNO3/c1-4-24-13-5-6-14-12(9-13)7-8-21-19(14)15-10-16(20)18(23-3)11-17(15)22-2/h5-6,9-11,19,21H,4,7-8H2,1-3H3. The first-order valence-corrected chi connectivity index (χ1v) is 8.46. The lowest BCUT2D eigenvalue weighted by atomic mass is 9.89. The van der Waals surface area contributed by atoms with Gasteiger partial charge in [0, 0.05) is 18.2 Å². The predicted octanol–water partition coefficient (Wildman–Crippen LogP) is 3.99. The van der Waals surface area contributed by atoms with Crippen molar-refractivity contribution < 1.29 is 14.2 Å². The smallest absolute Gasteiger partial charge is 0.141 e. The van der Waals surface area contributed by atoms with E-state index in [-0.39, 0.29) is 6.04 Å². The minimum atomic E-state index is 0.0304. The Labute approximate surface area is 147 Å². The van der Waals surface area contributed by atoms with Crippen LogP contribution in [0, 0.1) is 0 Å². The minimum Gasteiger partial charge on any atom is -0.496 e. The Morgan fingerprint density at radius 1 is 1.08 bits per heavy atom. The Kier molecular flexibility index (Phi) is 5.17. The number of halogens is 1. The number of fused-ring (bicyclic) bond motifs is 1. The zero-order chi connectivity index (χ0) is 17.1. The van der Waals surface area contributed by atoms with E-state index < -0.39 is 0 Å². The van der Waals surface area contributed by atoms with Crippen molar-refractivity contribution in [2.75, 3.05) is 27.4 Å². The van der Waals surface area contributed by atoms with Crippen LogP contribution in [0.25, 0.3) is 0 Å². The molecule has 0 spiro atoms. The molecule has 0 aliphatic carbocycles. The summed E-state index contributed by atoms with van der Waals surface area (Å²) >= 11 is 6.34. The third-order valence-electron chi connectivity index (χ3n) is 4.29. The molecule has 1 unspecified atom stereocenters. The molecule has 1 aliphatic heterocycles. The zero-order valence-corrected chi connectivity index (χ0v) is 14.9. The highest BCUT2D eigenvalue weighted by Crippen LogP contribution is 2.40. The molecule has 1 heterocycles. The van der Waals surface area contributed by atoms with E-state index in [9.17, 15) is 0 Å². The average Bonchev–Trinajstić information content (AvgIpc) is 2.61. The Bertz CT molecular complexity index is 733. The van der Waals surface area contributed by atoms with Gasteiger partial charge in [0.05, 0.1) is 31.9 Å². The van der Waals surface area contributed by atoms with Crippen molar-refractivity contribution in [1.29, 1.82) is 0 Å². The van der Waals surface area contributed by atoms with Crippen LogP contribution < -0.4 is 19.5 Å². The number of hydrogen-bond acceptors (Lipinski definition) is 4. The van der Waals surface area contributed by atoms with Crippen molar-refractivity contribution in [3.8, 4) is 17.2 Å². The first kappa shape index (κ1) is 16.9. The molecule has 0 saturated carbocycles.